The van der Waals surface area contributed by atoms with E-state index in [1.54, 1.807) is 0 Å². The van der Waals surface area contributed by atoms with E-state index in [1.807, 2.05) is 17.0 Å². The van der Waals surface area contributed by atoms with Crippen molar-refractivity contribution in [2.75, 3.05) is 53.1 Å². The molecule has 6 rings (SSSR count). The number of hydrogen-bond donors (Lipinski definition) is 2. The minimum absolute atomic E-state index is 0.0882. The smallest absolute Gasteiger partial charge is 0.317 e. The molecule has 0 atom stereocenters. The molecule has 3 aromatic rings. The van der Waals surface area contributed by atoms with E-state index in [-0.39, 0.29) is 6.03 Å². The third kappa shape index (κ3) is 9.00. The molecular formula is C37H49N5O3. The molecule has 8 nitrogen and oxygen atoms in total. The number of urea groups is 1. The third-order valence-corrected chi connectivity index (χ3v) is 9.40. The van der Waals surface area contributed by atoms with Crippen LogP contribution in [-0.2, 0) is 19.6 Å². The van der Waals surface area contributed by atoms with Gasteiger partial charge in [-0.1, -0.05) is 67.8 Å². The zero-order valence-corrected chi connectivity index (χ0v) is 26.8. The fourth-order valence-corrected chi connectivity index (χ4v) is 6.61. The minimum Gasteiger partial charge on any atom is -0.454 e. The third-order valence-electron chi connectivity index (χ3n) is 9.40. The Morgan fingerprint density at radius 1 is 0.822 bits per heavy atom. The summed E-state index contributed by atoms with van der Waals surface area (Å²) in [6.07, 6.45) is 6.91. The minimum atomic E-state index is 0.0882. The van der Waals surface area contributed by atoms with Gasteiger partial charge in [-0.05, 0) is 78.9 Å². The number of piperazine rings is 1. The molecular weight excluding hydrogens is 562 g/mol. The van der Waals surface area contributed by atoms with Crippen molar-refractivity contribution in [3.8, 4) is 22.6 Å². The number of likely N-dealkylation sites (N-methyl/N-ethyl adjacent to an activating group) is 1. The summed E-state index contributed by atoms with van der Waals surface area (Å²) in [5.74, 6) is 1.63. The first kappa shape index (κ1) is 31.4. The van der Waals surface area contributed by atoms with Crippen molar-refractivity contribution in [2.45, 2.75) is 64.2 Å². The van der Waals surface area contributed by atoms with Crippen LogP contribution in [0, 0.1) is 0 Å². The molecule has 0 bridgehead atoms. The van der Waals surface area contributed by atoms with E-state index in [0.717, 1.165) is 83.1 Å². The Kier molecular flexibility index (Phi) is 10.9. The maximum atomic E-state index is 13.5. The highest BCUT2D eigenvalue weighted by Crippen LogP contribution is 2.32. The van der Waals surface area contributed by atoms with E-state index in [0.29, 0.717) is 19.4 Å². The molecule has 2 fully saturated rings. The van der Waals surface area contributed by atoms with E-state index in [2.05, 4.69) is 82.1 Å². The number of carbonyl (C=O) groups excluding carboxylic acids is 1. The molecule has 1 aliphatic carbocycles. The first-order valence-electron chi connectivity index (χ1n) is 16.8. The first-order chi connectivity index (χ1) is 22.1. The SMILES string of the molecule is CN1CCN(CCCN(Cc2ccc(-c3cccc(CNCc4ccc5c(c4)OCO5)c3)cc2)C(=O)NC2CCCCC2)CC1. The second-order valence-electron chi connectivity index (χ2n) is 12.9. The molecule has 2 heterocycles. The van der Waals surface area contributed by atoms with E-state index in [9.17, 15) is 4.79 Å². The Morgan fingerprint density at radius 3 is 2.36 bits per heavy atom. The van der Waals surface area contributed by atoms with Crippen LogP contribution in [-0.4, -0.2) is 79.9 Å². The van der Waals surface area contributed by atoms with Crippen molar-refractivity contribution < 1.29 is 14.3 Å². The number of benzene rings is 3. The Hall–Kier alpha value is -3.59. The summed E-state index contributed by atoms with van der Waals surface area (Å²) in [5, 5.41) is 6.92. The number of ether oxygens (including phenoxy) is 2. The summed E-state index contributed by atoms with van der Waals surface area (Å²) in [4.78, 5) is 20.4. The lowest BCUT2D eigenvalue weighted by Crippen LogP contribution is -2.47. The summed E-state index contributed by atoms with van der Waals surface area (Å²) in [7, 11) is 2.19. The van der Waals surface area contributed by atoms with Crippen molar-refractivity contribution in [3.63, 3.8) is 0 Å². The van der Waals surface area contributed by atoms with Crippen LogP contribution < -0.4 is 20.1 Å². The molecule has 0 aromatic heterocycles. The van der Waals surface area contributed by atoms with Crippen LogP contribution in [0.15, 0.2) is 66.7 Å². The number of fused-ring (bicyclic) bond motifs is 1. The highest BCUT2D eigenvalue weighted by atomic mass is 16.7. The lowest BCUT2D eigenvalue weighted by atomic mass is 9.96. The van der Waals surface area contributed by atoms with Gasteiger partial charge in [0.05, 0.1) is 0 Å². The Morgan fingerprint density at radius 2 is 1.56 bits per heavy atom. The van der Waals surface area contributed by atoms with Crippen LogP contribution >= 0.6 is 0 Å². The topological polar surface area (TPSA) is 69.3 Å². The lowest BCUT2D eigenvalue weighted by Gasteiger charge is -2.33. The Balaban J connectivity index is 1.04. The Bertz CT molecular complexity index is 1380. The van der Waals surface area contributed by atoms with Crippen molar-refractivity contribution in [3.05, 3.63) is 83.4 Å². The van der Waals surface area contributed by atoms with Gasteiger partial charge in [-0.3, -0.25) is 0 Å². The van der Waals surface area contributed by atoms with E-state index in [4.69, 9.17) is 9.47 Å². The number of rotatable bonds is 12. The van der Waals surface area contributed by atoms with Gasteiger partial charge in [-0.25, -0.2) is 4.79 Å². The highest BCUT2D eigenvalue weighted by Gasteiger charge is 2.21. The van der Waals surface area contributed by atoms with Crippen molar-refractivity contribution in [1.29, 1.82) is 0 Å². The second kappa shape index (κ2) is 15.6. The number of nitrogens with zero attached hydrogens (tertiary/aromatic N) is 3. The van der Waals surface area contributed by atoms with Crippen molar-refractivity contribution in [1.82, 2.24) is 25.3 Å². The summed E-state index contributed by atoms with van der Waals surface area (Å²) >= 11 is 0. The summed E-state index contributed by atoms with van der Waals surface area (Å²) in [6, 6.07) is 23.9. The van der Waals surface area contributed by atoms with E-state index < -0.39 is 0 Å². The molecule has 1 saturated carbocycles. The predicted octanol–water partition coefficient (Wildman–Crippen LogP) is 5.85. The van der Waals surface area contributed by atoms with Gasteiger partial charge in [-0.2, -0.15) is 0 Å². The van der Waals surface area contributed by atoms with Crippen LogP contribution in [0.3, 0.4) is 0 Å². The second-order valence-corrected chi connectivity index (χ2v) is 12.9. The molecule has 0 spiro atoms. The molecule has 45 heavy (non-hydrogen) atoms. The van der Waals surface area contributed by atoms with Gasteiger partial charge in [0.25, 0.3) is 0 Å². The fourth-order valence-electron chi connectivity index (χ4n) is 6.61. The average molecular weight is 612 g/mol. The van der Waals surface area contributed by atoms with Gasteiger partial charge in [0, 0.05) is 58.4 Å². The highest BCUT2D eigenvalue weighted by molar-refractivity contribution is 5.74. The summed E-state index contributed by atoms with van der Waals surface area (Å²) in [6.45, 7) is 8.76. The molecule has 8 heteroatoms. The van der Waals surface area contributed by atoms with Gasteiger partial charge in [0.15, 0.2) is 11.5 Å². The average Bonchev–Trinajstić information content (AvgIpc) is 3.54. The monoisotopic (exact) mass is 611 g/mol. The molecule has 1 saturated heterocycles. The van der Waals surface area contributed by atoms with Crippen LogP contribution in [0.1, 0.15) is 55.2 Å². The van der Waals surface area contributed by atoms with Gasteiger partial charge in [-0.15, -0.1) is 0 Å². The zero-order chi connectivity index (χ0) is 30.8. The van der Waals surface area contributed by atoms with E-state index in [1.165, 1.54) is 47.1 Å². The van der Waals surface area contributed by atoms with E-state index >= 15 is 0 Å². The molecule has 2 aliphatic heterocycles. The van der Waals surface area contributed by atoms with Crippen molar-refractivity contribution >= 4 is 6.03 Å². The number of carbonyl (C=O) groups is 1. The molecule has 0 unspecified atom stereocenters. The molecule has 3 aliphatic rings. The molecule has 3 aromatic carbocycles. The summed E-state index contributed by atoms with van der Waals surface area (Å²) in [5.41, 5.74) is 5.96. The molecule has 2 N–H and O–H groups in total. The molecule has 240 valence electrons. The van der Waals surface area contributed by atoms with Crippen LogP contribution in [0.5, 0.6) is 11.5 Å². The standard InChI is InChI=1S/C37H49N5O3/c1-40-19-21-41(22-20-40)17-6-18-42(37(43)39-34-9-3-2-4-10-34)27-29-11-14-32(15-12-29)33-8-5-7-30(23-33)25-38-26-31-13-16-35-36(24-31)45-28-44-35/h5,7-8,11-16,23-24,34,38H,2-4,6,9-10,17-22,25-28H2,1H3,(H,39,43). The zero-order valence-electron chi connectivity index (χ0n) is 26.8. The van der Waals surface area contributed by atoms with Crippen LogP contribution in [0.2, 0.25) is 0 Å². The largest absolute Gasteiger partial charge is 0.454 e. The maximum absolute atomic E-state index is 13.5. The normalized spacial score (nSPS) is 17.4. The quantitative estimate of drug-likeness (QED) is 0.268. The molecule has 0 radical (unpaired) electrons. The van der Waals surface area contributed by atoms with Gasteiger partial charge >= 0.3 is 6.03 Å². The first-order valence-corrected chi connectivity index (χ1v) is 16.8. The van der Waals surface area contributed by atoms with Gasteiger partial charge in [0.2, 0.25) is 6.79 Å². The van der Waals surface area contributed by atoms with Crippen molar-refractivity contribution in [2.24, 2.45) is 0 Å². The maximum Gasteiger partial charge on any atom is 0.317 e. The van der Waals surface area contributed by atoms with Gasteiger partial charge < -0.3 is 34.8 Å². The van der Waals surface area contributed by atoms with Gasteiger partial charge in [0.1, 0.15) is 0 Å². The number of amides is 2. The lowest BCUT2D eigenvalue weighted by molar-refractivity contribution is 0.145. The van der Waals surface area contributed by atoms with Crippen LogP contribution in [0.25, 0.3) is 11.1 Å². The van der Waals surface area contributed by atoms with Crippen LogP contribution in [0.4, 0.5) is 4.79 Å². The Labute approximate surface area is 268 Å². The predicted molar refractivity (Wildman–Crippen MR) is 179 cm³/mol. The molecule has 2 amide bonds. The number of nitrogens with one attached hydrogen (secondary N) is 2. The fraction of sp³-hybridized carbons (Fsp3) is 0.486. The number of hydrogen-bond acceptors (Lipinski definition) is 6. The summed E-state index contributed by atoms with van der Waals surface area (Å²) < 4.78 is 10.9.